The van der Waals surface area contributed by atoms with Crippen molar-refractivity contribution in [1.82, 2.24) is 19.7 Å². The number of hydrogen-bond acceptors (Lipinski definition) is 5. The molecule has 0 saturated carbocycles. The van der Waals surface area contributed by atoms with E-state index in [1.165, 1.54) is 6.33 Å². The van der Waals surface area contributed by atoms with Gasteiger partial charge in [0.2, 0.25) is 0 Å². The molecule has 0 radical (unpaired) electrons. The monoisotopic (exact) mass is 255 g/mol. The number of nitrogens with one attached hydrogen (secondary N) is 1. The van der Waals surface area contributed by atoms with Crippen LogP contribution in [0.2, 0.25) is 0 Å². The molecule has 0 aliphatic heterocycles. The van der Waals surface area contributed by atoms with E-state index in [9.17, 15) is 5.11 Å². The van der Waals surface area contributed by atoms with Gasteiger partial charge in [-0.2, -0.15) is 5.10 Å². The lowest BCUT2D eigenvalue weighted by Gasteiger charge is -2.09. The van der Waals surface area contributed by atoms with Crippen molar-refractivity contribution in [3.63, 3.8) is 0 Å². The van der Waals surface area contributed by atoms with Crippen molar-refractivity contribution < 1.29 is 5.11 Å². The highest BCUT2D eigenvalue weighted by molar-refractivity contribution is 5.88. The summed E-state index contributed by atoms with van der Waals surface area (Å²) in [4.78, 5) is 8.43. The second kappa shape index (κ2) is 4.24. The molecule has 0 fully saturated rings. The zero-order valence-corrected chi connectivity index (χ0v) is 10.6. The number of anilines is 2. The van der Waals surface area contributed by atoms with Gasteiger partial charge >= 0.3 is 0 Å². The molecule has 3 aromatic rings. The third-order valence-corrected chi connectivity index (χ3v) is 2.99. The van der Waals surface area contributed by atoms with Gasteiger partial charge in [0, 0.05) is 12.7 Å². The minimum Gasteiger partial charge on any atom is -0.508 e. The molecule has 6 heteroatoms. The number of aromatic hydroxyl groups is 1. The Labute approximate surface area is 109 Å². The van der Waals surface area contributed by atoms with Gasteiger partial charge in [0.15, 0.2) is 5.65 Å². The number of benzene rings is 1. The average molecular weight is 255 g/mol. The molecule has 0 unspecified atom stereocenters. The third-order valence-electron chi connectivity index (χ3n) is 2.99. The van der Waals surface area contributed by atoms with Gasteiger partial charge < -0.3 is 10.4 Å². The number of aryl methyl sites for hydroxylation is 2. The van der Waals surface area contributed by atoms with Crippen molar-refractivity contribution in [2.75, 3.05) is 5.32 Å². The first-order valence-electron chi connectivity index (χ1n) is 5.84. The maximum absolute atomic E-state index is 9.41. The SMILES string of the molecule is Cc1cc(O)ccc1Nc1ncnc2c1cnn2C. The van der Waals surface area contributed by atoms with Crippen LogP contribution in [0.3, 0.4) is 0 Å². The topological polar surface area (TPSA) is 75.9 Å². The number of rotatable bonds is 2. The van der Waals surface area contributed by atoms with Gasteiger partial charge in [0.25, 0.3) is 0 Å². The number of fused-ring (bicyclic) bond motifs is 1. The van der Waals surface area contributed by atoms with Gasteiger partial charge in [-0.25, -0.2) is 9.97 Å². The highest BCUT2D eigenvalue weighted by Crippen LogP contribution is 2.26. The fraction of sp³-hybridized carbons (Fsp3) is 0.154. The molecule has 3 rings (SSSR count). The Morgan fingerprint density at radius 3 is 2.89 bits per heavy atom. The summed E-state index contributed by atoms with van der Waals surface area (Å²) in [6.45, 7) is 1.92. The predicted octanol–water partition coefficient (Wildman–Crippen LogP) is 2.12. The van der Waals surface area contributed by atoms with Gasteiger partial charge in [0.05, 0.1) is 11.6 Å². The normalized spacial score (nSPS) is 10.8. The van der Waals surface area contributed by atoms with E-state index in [2.05, 4.69) is 20.4 Å². The van der Waals surface area contributed by atoms with Crippen LogP contribution in [-0.2, 0) is 7.05 Å². The van der Waals surface area contributed by atoms with Crippen LogP contribution < -0.4 is 5.32 Å². The molecule has 2 N–H and O–H groups in total. The first-order chi connectivity index (χ1) is 9.15. The lowest BCUT2D eigenvalue weighted by atomic mass is 10.2. The number of hydrogen-bond donors (Lipinski definition) is 2. The van der Waals surface area contributed by atoms with E-state index in [0.717, 1.165) is 22.3 Å². The maximum atomic E-state index is 9.41. The van der Waals surface area contributed by atoms with E-state index in [-0.39, 0.29) is 5.75 Å². The van der Waals surface area contributed by atoms with Crippen LogP contribution in [0, 0.1) is 6.92 Å². The zero-order chi connectivity index (χ0) is 13.4. The van der Waals surface area contributed by atoms with Gasteiger partial charge in [-0.3, -0.25) is 4.68 Å². The Balaban J connectivity index is 2.06. The molecule has 0 aliphatic carbocycles. The highest BCUT2D eigenvalue weighted by Gasteiger charge is 2.09. The van der Waals surface area contributed by atoms with Crippen LogP contribution in [0.4, 0.5) is 11.5 Å². The maximum Gasteiger partial charge on any atom is 0.163 e. The van der Waals surface area contributed by atoms with Crippen molar-refractivity contribution in [3.05, 3.63) is 36.3 Å². The Hall–Kier alpha value is -2.63. The van der Waals surface area contributed by atoms with Crippen LogP contribution in [0.5, 0.6) is 5.75 Å². The molecule has 0 atom stereocenters. The van der Waals surface area contributed by atoms with Crippen LogP contribution in [0.15, 0.2) is 30.7 Å². The number of phenolic OH excluding ortho intramolecular Hbond substituents is 1. The highest BCUT2D eigenvalue weighted by atomic mass is 16.3. The van der Waals surface area contributed by atoms with E-state index < -0.39 is 0 Å². The molecular weight excluding hydrogens is 242 g/mol. The fourth-order valence-electron chi connectivity index (χ4n) is 1.98. The summed E-state index contributed by atoms with van der Waals surface area (Å²) >= 11 is 0. The van der Waals surface area contributed by atoms with E-state index in [1.807, 2.05) is 20.0 Å². The molecule has 1 aromatic carbocycles. The average Bonchev–Trinajstić information content (AvgIpc) is 2.76. The molecule has 6 nitrogen and oxygen atoms in total. The van der Waals surface area contributed by atoms with Crippen LogP contribution in [-0.4, -0.2) is 24.9 Å². The van der Waals surface area contributed by atoms with E-state index in [0.29, 0.717) is 5.82 Å². The first-order valence-corrected chi connectivity index (χ1v) is 5.84. The standard InChI is InChI=1S/C13H13N5O/c1-8-5-9(19)3-4-11(8)17-12-10-6-16-18(2)13(10)15-7-14-12/h3-7,19H,1-2H3,(H,14,15,17). The Bertz CT molecular complexity index is 750. The molecule has 0 aliphatic rings. The molecule has 0 amide bonds. The molecule has 0 spiro atoms. The van der Waals surface area contributed by atoms with Crippen molar-refractivity contribution >= 4 is 22.5 Å². The number of nitrogens with zero attached hydrogens (tertiary/aromatic N) is 4. The van der Waals surface area contributed by atoms with Crippen LogP contribution >= 0.6 is 0 Å². The minimum absolute atomic E-state index is 0.247. The van der Waals surface area contributed by atoms with Gasteiger partial charge in [-0.05, 0) is 30.7 Å². The summed E-state index contributed by atoms with van der Waals surface area (Å²) in [5.74, 6) is 0.948. The molecular formula is C13H13N5O. The van der Waals surface area contributed by atoms with E-state index >= 15 is 0 Å². The van der Waals surface area contributed by atoms with Crippen molar-refractivity contribution in [2.24, 2.45) is 7.05 Å². The lowest BCUT2D eigenvalue weighted by Crippen LogP contribution is -1.98. The Kier molecular flexibility index (Phi) is 2.56. The molecule has 0 bridgehead atoms. The zero-order valence-electron chi connectivity index (χ0n) is 10.6. The van der Waals surface area contributed by atoms with Crippen molar-refractivity contribution in [1.29, 1.82) is 0 Å². The fourth-order valence-corrected chi connectivity index (χ4v) is 1.98. The minimum atomic E-state index is 0.247. The summed E-state index contributed by atoms with van der Waals surface area (Å²) in [5, 5.41) is 17.7. The number of aromatic nitrogens is 4. The van der Waals surface area contributed by atoms with Crippen LogP contribution in [0.25, 0.3) is 11.0 Å². The predicted molar refractivity (Wildman–Crippen MR) is 72.4 cm³/mol. The summed E-state index contributed by atoms with van der Waals surface area (Å²) in [5.41, 5.74) is 2.60. The Morgan fingerprint density at radius 2 is 2.11 bits per heavy atom. The smallest absolute Gasteiger partial charge is 0.163 e. The summed E-state index contributed by atoms with van der Waals surface area (Å²) in [6, 6.07) is 5.15. The van der Waals surface area contributed by atoms with Gasteiger partial charge in [-0.1, -0.05) is 0 Å². The first kappa shape index (κ1) is 11.5. The van der Waals surface area contributed by atoms with Crippen molar-refractivity contribution in [3.8, 4) is 5.75 Å². The van der Waals surface area contributed by atoms with Crippen molar-refractivity contribution in [2.45, 2.75) is 6.92 Å². The summed E-state index contributed by atoms with van der Waals surface area (Å²) < 4.78 is 1.70. The summed E-state index contributed by atoms with van der Waals surface area (Å²) in [7, 11) is 1.84. The van der Waals surface area contributed by atoms with E-state index in [1.54, 1.807) is 23.0 Å². The lowest BCUT2D eigenvalue weighted by molar-refractivity contribution is 0.475. The summed E-state index contributed by atoms with van der Waals surface area (Å²) in [6.07, 6.45) is 3.23. The van der Waals surface area contributed by atoms with Gasteiger partial charge in [0.1, 0.15) is 17.9 Å². The number of phenols is 1. The molecule has 0 saturated heterocycles. The molecule has 2 aromatic heterocycles. The second-order valence-corrected chi connectivity index (χ2v) is 4.35. The molecule has 96 valence electrons. The largest absolute Gasteiger partial charge is 0.508 e. The van der Waals surface area contributed by atoms with Crippen LogP contribution in [0.1, 0.15) is 5.56 Å². The van der Waals surface area contributed by atoms with Gasteiger partial charge in [-0.15, -0.1) is 0 Å². The third kappa shape index (κ3) is 1.97. The molecule has 19 heavy (non-hydrogen) atoms. The Morgan fingerprint density at radius 1 is 1.26 bits per heavy atom. The second-order valence-electron chi connectivity index (χ2n) is 4.35. The van der Waals surface area contributed by atoms with E-state index in [4.69, 9.17) is 0 Å². The molecule has 2 heterocycles. The quantitative estimate of drug-likeness (QED) is 0.686.